The number of nitrogens with one attached hydrogen (secondary N) is 1. The molecule has 1 aliphatic carbocycles. The predicted octanol–water partition coefficient (Wildman–Crippen LogP) is 6.17. The lowest BCUT2D eigenvalue weighted by Crippen LogP contribution is -2.29. The van der Waals surface area contributed by atoms with Crippen LogP contribution in [0.1, 0.15) is 81.2 Å². The van der Waals surface area contributed by atoms with Crippen molar-refractivity contribution in [2.24, 2.45) is 28.7 Å². The van der Waals surface area contributed by atoms with Crippen LogP contribution in [0.2, 0.25) is 0 Å². The van der Waals surface area contributed by atoms with E-state index in [0.717, 1.165) is 46.8 Å². The van der Waals surface area contributed by atoms with Crippen molar-refractivity contribution in [1.29, 1.82) is 0 Å². The zero-order valence-electron chi connectivity index (χ0n) is 18.3. The van der Waals surface area contributed by atoms with Crippen LogP contribution in [0.25, 0.3) is 6.08 Å². The van der Waals surface area contributed by atoms with Crippen LogP contribution in [0.15, 0.2) is 21.8 Å². The minimum absolute atomic E-state index is 0.367. The number of H-pyrrole nitrogens is 1. The molecule has 1 aromatic rings. The Labute approximate surface area is 168 Å². The van der Waals surface area contributed by atoms with Gasteiger partial charge >= 0.3 is 5.97 Å². The van der Waals surface area contributed by atoms with Crippen molar-refractivity contribution in [2.45, 2.75) is 67.7 Å². The van der Waals surface area contributed by atoms with E-state index in [9.17, 15) is 9.90 Å². The Kier molecular flexibility index (Phi) is 5.69. The van der Waals surface area contributed by atoms with E-state index in [1.54, 1.807) is 0 Å². The van der Waals surface area contributed by atoms with E-state index in [-0.39, 0.29) is 0 Å². The molecule has 0 amide bonds. The van der Waals surface area contributed by atoms with Crippen molar-refractivity contribution in [2.75, 3.05) is 0 Å². The first-order valence-corrected chi connectivity index (χ1v) is 10.5. The Hall–Kier alpha value is -2.10. The van der Waals surface area contributed by atoms with E-state index in [2.05, 4.69) is 39.6 Å². The molecule has 28 heavy (non-hydrogen) atoms. The van der Waals surface area contributed by atoms with Gasteiger partial charge in [-0.1, -0.05) is 20.8 Å². The summed E-state index contributed by atoms with van der Waals surface area (Å²) in [5, 5.41) is 9.43. The van der Waals surface area contributed by atoms with Gasteiger partial charge in [-0.3, -0.25) is 4.99 Å². The molecule has 2 atom stereocenters. The average molecular weight is 383 g/mol. The summed E-state index contributed by atoms with van der Waals surface area (Å²) < 4.78 is 0. The maximum absolute atomic E-state index is 11.5. The number of aryl methyl sites for hydroxylation is 1. The van der Waals surface area contributed by atoms with Gasteiger partial charge in [0.25, 0.3) is 0 Å². The molecule has 2 unspecified atom stereocenters. The van der Waals surface area contributed by atoms with E-state index in [1.165, 1.54) is 24.0 Å². The van der Waals surface area contributed by atoms with Crippen molar-refractivity contribution in [3.05, 3.63) is 39.4 Å². The molecule has 4 heteroatoms. The number of carboxylic acids is 1. The minimum atomic E-state index is -0.885. The van der Waals surface area contributed by atoms with E-state index >= 15 is 0 Å². The third-order valence-corrected chi connectivity index (χ3v) is 6.98. The SMILES string of the molecule is CC1=NC(=Cc2[nH]c(C)c(C(=O)O)c2C)C(C)=C1CC1C(C)CC(C)CC1C. The molecular formula is C24H34N2O2. The Bertz CT molecular complexity index is 873. The largest absolute Gasteiger partial charge is 0.478 e. The number of aliphatic imine (C=N–C) groups is 1. The molecule has 0 spiro atoms. The number of carboxylic acid groups (broad SMARTS) is 1. The molecule has 0 aromatic carbocycles. The van der Waals surface area contributed by atoms with Crippen LogP contribution in [-0.2, 0) is 0 Å². The van der Waals surface area contributed by atoms with Gasteiger partial charge in [0, 0.05) is 17.1 Å². The topological polar surface area (TPSA) is 65.5 Å². The second kappa shape index (κ2) is 7.73. The van der Waals surface area contributed by atoms with Gasteiger partial charge in [-0.15, -0.1) is 0 Å². The fourth-order valence-electron chi connectivity index (χ4n) is 5.49. The normalized spacial score (nSPS) is 29.5. The van der Waals surface area contributed by atoms with Crippen molar-refractivity contribution in [1.82, 2.24) is 4.98 Å². The molecule has 2 aliphatic rings. The lowest BCUT2D eigenvalue weighted by atomic mass is 9.67. The van der Waals surface area contributed by atoms with Crippen molar-refractivity contribution in [3.8, 4) is 0 Å². The molecule has 2 N–H and O–H groups in total. The molecule has 4 nitrogen and oxygen atoms in total. The van der Waals surface area contributed by atoms with Crippen LogP contribution >= 0.6 is 0 Å². The molecule has 1 saturated carbocycles. The molecule has 1 fully saturated rings. The molecule has 2 heterocycles. The molecule has 0 radical (unpaired) electrons. The van der Waals surface area contributed by atoms with Gasteiger partial charge in [-0.25, -0.2) is 4.79 Å². The van der Waals surface area contributed by atoms with Crippen LogP contribution < -0.4 is 0 Å². The first kappa shape index (κ1) is 20.6. The Morgan fingerprint density at radius 2 is 1.75 bits per heavy atom. The summed E-state index contributed by atoms with van der Waals surface area (Å²) in [7, 11) is 0. The molecule has 0 saturated heterocycles. The lowest BCUT2D eigenvalue weighted by molar-refractivity contribution is 0.0695. The number of nitrogens with zero attached hydrogens (tertiary/aromatic N) is 1. The number of hydrogen-bond donors (Lipinski definition) is 2. The standard InChI is InChI=1S/C24H34N2O2/c1-12-8-13(2)19(14(3)9-12)10-20-15(4)21(25-17(20)6)11-22-16(5)23(24(27)28)18(7)26-22/h11-14,19,26H,8-10H2,1-7H3,(H,27,28). The Morgan fingerprint density at radius 3 is 2.29 bits per heavy atom. The number of aromatic nitrogens is 1. The van der Waals surface area contributed by atoms with Gasteiger partial charge in [-0.05, 0) is 93.4 Å². The summed E-state index contributed by atoms with van der Waals surface area (Å²) >= 11 is 0. The molecular weight excluding hydrogens is 348 g/mol. The number of rotatable bonds is 4. The fourth-order valence-corrected chi connectivity index (χ4v) is 5.49. The summed E-state index contributed by atoms with van der Waals surface area (Å²) in [6, 6.07) is 0. The second-order valence-corrected chi connectivity index (χ2v) is 9.20. The molecule has 0 bridgehead atoms. The van der Waals surface area contributed by atoms with Gasteiger partial charge in [0.15, 0.2) is 0 Å². The second-order valence-electron chi connectivity index (χ2n) is 9.20. The van der Waals surface area contributed by atoms with Gasteiger partial charge < -0.3 is 10.1 Å². The summed E-state index contributed by atoms with van der Waals surface area (Å²) in [5.41, 5.74) is 7.36. The molecule has 152 valence electrons. The average Bonchev–Trinajstić information content (AvgIpc) is 3.00. The molecule has 1 aliphatic heterocycles. The lowest BCUT2D eigenvalue weighted by Gasteiger charge is -2.38. The van der Waals surface area contributed by atoms with Crippen LogP contribution in [0.3, 0.4) is 0 Å². The monoisotopic (exact) mass is 382 g/mol. The van der Waals surface area contributed by atoms with E-state index in [0.29, 0.717) is 17.2 Å². The molecule has 1 aromatic heterocycles. The highest BCUT2D eigenvalue weighted by Gasteiger charge is 2.33. The number of aromatic amines is 1. The van der Waals surface area contributed by atoms with Crippen LogP contribution in [0.4, 0.5) is 0 Å². The quantitative estimate of drug-likeness (QED) is 0.654. The van der Waals surface area contributed by atoms with E-state index in [4.69, 9.17) is 4.99 Å². The van der Waals surface area contributed by atoms with Crippen LogP contribution in [0.5, 0.6) is 0 Å². The summed E-state index contributed by atoms with van der Waals surface area (Å²) in [4.78, 5) is 19.6. The van der Waals surface area contributed by atoms with Gasteiger partial charge in [-0.2, -0.15) is 0 Å². The zero-order chi connectivity index (χ0) is 20.7. The summed E-state index contributed by atoms with van der Waals surface area (Å²) in [6.45, 7) is 15.1. The van der Waals surface area contributed by atoms with E-state index < -0.39 is 5.97 Å². The Balaban J connectivity index is 1.90. The maximum atomic E-state index is 11.5. The third-order valence-electron chi connectivity index (χ3n) is 6.98. The minimum Gasteiger partial charge on any atom is -0.478 e. The predicted molar refractivity (Wildman–Crippen MR) is 116 cm³/mol. The van der Waals surface area contributed by atoms with Crippen molar-refractivity contribution < 1.29 is 9.90 Å². The van der Waals surface area contributed by atoms with Gasteiger partial charge in [0.05, 0.1) is 11.3 Å². The number of carbonyl (C=O) groups is 1. The van der Waals surface area contributed by atoms with Crippen LogP contribution in [0, 0.1) is 37.5 Å². The first-order chi connectivity index (χ1) is 13.1. The van der Waals surface area contributed by atoms with Gasteiger partial charge in [0.1, 0.15) is 0 Å². The smallest absolute Gasteiger partial charge is 0.337 e. The zero-order valence-corrected chi connectivity index (χ0v) is 18.3. The summed E-state index contributed by atoms with van der Waals surface area (Å²) in [6.07, 6.45) is 5.74. The van der Waals surface area contributed by atoms with Crippen molar-refractivity contribution >= 4 is 17.8 Å². The highest BCUT2D eigenvalue weighted by molar-refractivity contribution is 6.04. The number of hydrogen-bond acceptors (Lipinski definition) is 2. The van der Waals surface area contributed by atoms with E-state index in [1.807, 2.05) is 19.9 Å². The third kappa shape index (κ3) is 3.74. The summed E-state index contributed by atoms with van der Waals surface area (Å²) in [5.74, 6) is 2.13. The molecule has 3 rings (SSSR count). The number of aromatic carboxylic acids is 1. The Morgan fingerprint density at radius 1 is 1.14 bits per heavy atom. The van der Waals surface area contributed by atoms with Crippen molar-refractivity contribution in [3.63, 3.8) is 0 Å². The highest BCUT2D eigenvalue weighted by Crippen LogP contribution is 2.43. The maximum Gasteiger partial charge on any atom is 0.337 e. The fraction of sp³-hybridized carbons (Fsp3) is 0.583. The van der Waals surface area contributed by atoms with Crippen LogP contribution in [-0.4, -0.2) is 21.8 Å². The highest BCUT2D eigenvalue weighted by atomic mass is 16.4. The van der Waals surface area contributed by atoms with Gasteiger partial charge in [0.2, 0.25) is 0 Å². The first-order valence-electron chi connectivity index (χ1n) is 10.5. The number of allylic oxidation sites excluding steroid dienone is 2.